The highest BCUT2D eigenvalue weighted by Gasteiger charge is 2.61. The summed E-state index contributed by atoms with van der Waals surface area (Å²) in [5.74, 6) is -8.07. The molecule has 0 amide bonds. The van der Waals surface area contributed by atoms with Crippen LogP contribution in [0.3, 0.4) is 0 Å². The van der Waals surface area contributed by atoms with Crippen LogP contribution in [0.15, 0.2) is 0 Å². The molecule has 322 valence electrons. The van der Waals surface area contributed by atoms with Gasteiger partial charge in [-0.15, -0.1) is 0 Å². The minimum Gasteiger partial charge on any atom is -0.438 e. The Morgan fingerprint density at radius 1 is 0.429 bits per heavy atom. The summed E-state index contributed by atoms with van der Waals surface area (Å²) in [5, 5.41) is 0. The van der Waals surface area contributed by atoms with E-state index in [9.17, 15) is 38.1 Å². The van der Waals surface area contributed by atoms with Crippen LogP contribution in [-0.2, 0) is 106 Å². The van der Waals surface area contributed by atoms with Gasteiger partial charge in [-0.25, -0.2) is 24.0 Å². The van der Waals surface area contributed by atoms with Crippen molar-refractivity contribution >= 4 is 49.4 Å². The second-order valence-electron chi connectivity index (χ2n) is 12.1. The van der Waals surface area contributed by atoms with Gasteiger partial charge in [0.25, 0.3) is 0 Å². The zero-order valence-corrected chi connectivity index (χ0v) is 33.5. The molecule has 1 aliphatic carbocycles. The van der Waals surface area contributed by atoms with Gasteiger partial charge in [0.05, 0.1) is 6.16 Å². The van der Waals surface area contributed by atoms with Gasteiger partial charge in [0, 0.05) is 51.9 Å². The fourth-order valence-corrected chi connectivity index (χ4v) is 6.22. The Balaban J connectivity index is 4.11. The van der Waals surface area contributed by atoms with Crippen LogP contribution >= 0.6 is 7.60 Å². The van der Waals surface area contributed by atoms with Crippen LogP contribution in [0.4, 0.5) is 0 Å². The Labute approximate surface area is 323 Å². The Hall–Kier alpha value is -3.76. The molecule has 1 aliphatic rings. The second-order valence-corrected chi connectivity index (χ2v) is 14.2. The molecule has 0 aromatic heterocycles. The van der Waals surface area contributed by atoms with E-state index in [-0.39, 0.29) is 32.1 Å². The van der Waals surface area contributed by atoms with E-state index < -0.39 is 106 Å². The largest absolute Gasteiger partial charge is 0.438 e. The molecular weight excluding hydrogens is 779 g/mol. The van der Waals surface area contributed by atoms with Crippen molar-refractivity contribution in [2.24, 2.45) is 5.92 Å². The monoisotopic (exact) mass is 832 g/mol. The maximum atomic E-state index is 14.4. The smallest absolute Gasteiger partial charge is 0.342 e. The molecule has 1 rings (SSSR count). The lowest BCUT2D eigenvalue weighted by atomic mass is 9.79. The summed E-state index contributed by atoms with van der Waals surface area (Å²) in [7, 11) is -4.75. The third kappa shape index (κ3) is 19.4. The van der Waals surface area contributed by atoms with Crippen LogP contribution in [0, 0.1) is 5.92 Å². The van der Waals surface area contributed by atoms with Gasteiger partial charge in [-0.3, -0.25) is 47.6 Å². The number of hydrogen-bond donors (Lipinski definition) is 0. The summed E-state index contributed by atoms with van der Waals surface area (Å²) in [6.07, 6.45) is -9.95. The normalized spacial score (nSPS) is 20.6. The van der Waals surface area contributed by atoms with E-state index in [2.05, 4.69) is 0 Å². The number of carbonyl (C=O) groups is 7. The molecule has 1 saturated carbocycles. The number of carbonyl (C=O) groups excluding carboxylic acids is 7. The van der Waals surface area contributed by atoms with Crippen LogP contribution in [0.2, 0.25) is 0 Å². The molecule has 0 radical (unpaired) electrons. The van der Waals surface area contributed by atoms with E-state index >= 15 is 0 Å². The summed E-state index contributed by atoms with van der Waals surface area (Å²) in [5.41, 5.74) is 0. The summed E-state index contributed by atoms with van der Waals surface area (Å²) in [6.45, 7) is 8.40. The zero-order valence-electron chi connectivity index (χ0n) is 32.6. The molecule has 0 spiro atoms. The lowest BCUT2D eigenvalue weighted by Gasteiger charge is -2.45. The van der Waals surface area contributed by atoms with Crippen LogP contribution in [0.25, 0.3) is 0 Å². The van der Waals surface area contributed by atoms with Gasteiger partial charge in [0.2, 0.25) is 13.6 Å². The molecule has 23 heteroatoms. The van der Waals surface area contributed by atoms with Gasteiger partial charge >= 0.3 is 49.4 Å². The first-order valence-electron chi connectivity index (χ1n) is 18.1. The van der Waals surface area contributed by atoms with Crippen molar-refractivity contribution in [3.63, 3.8) is 0 Å². The van der Waals surface area contributed by atoms with Crippen molar-refractivity contribution in [3.8, 4) is 0 Å². The SMILES string of the molecule is CCCC(=O)OOC1[C@H](OOC(=O)CCC)[C@H](OOC(=O)CCC)C(CP(=O)(OCOC(C)=O)OCOC(C)=O)[C@H](OOC(=O)CCC)[C@H]1OOC(=O)CCC. The number of ether oxygens (including phenoxy) is 2. The van der Waals surface area contributed by atoms with Crippen LogP contribution < -0.4 is 0 Å². The van der Waals surface area contributed by atoms with E-state index in [0.29, 0.717) is 32.1 Å². The second kappa shape index (κ2) is 27.8. The molecule has 2 unspecified atom stereocenters. The van der Waals surface area contributed by atoms with Gasteiger partial charge in [-0.1, -0.05) is 34.6 Å². The lowest BCUT2D eigenvalue weighted by Crippen LogP contribution is -2.65. The summed E-state index contributed by atoms with van der Waals surface area (Å²) >= 11 is 0. The molecular formula is C33H53O22P. The molecule has 1 fully saturated rings. The lowest BCUT2D eigenvalue weighted by molar-refractivity contribution is -0.465. The van der Waals surface area contributed by atoms with E-state index in [1.54, 1.807) is 34.6 Å². The third-order valence-corrected chi connectivity index (χ3v) is 8.99. The Morgan fingerprint density at radius 3 is 0.929 bits per heavy atom. The molecule has 0 aromatic carbocycles. The van der Waals surface area contributed by atoms with Gasteiger partial charge in [-0.05, 0) is 32.1 Å². The standard InChI is InChI=1S/C33H53O22P/c1-8-13-24(36)46-51-29-23(18-56(41,44-19-42-21(6)34)45-20-43-22(7)35)30(52-47-25(37)14-9-2)32(54-49-27(39)16-11-4)33(55-50-28(40)17-12-5)31(29)53-48-26(38)15-10-3/h23,29-33H,8-20H2,1-7H3/t23?,29-,30+,31-,32-,33?/m1/s1. The molecule has 0 saturated heterocycles. The molecule has 6 atom stereocenters. The molecule has 22 nitrogen and oxygen atoms in total. The molecule has 0 aromatic rings. The number of esters is 2. The highest BCUT2D eigenvalue weighted by Crippen LogP contribution is 2.53. The summed E-state index contributed by atoms with van der Waals surface area (Å²) in [6, 6.07) is 0. The fourth-order valence-electron chi connectivity index (χ4n) is 4.58. The van der Waals surface area contributed by atoms with Crippen molar-refractivity contribution in [2.45, 2.75) is 143 Å². The van der Waals surface area contributed by atoms with Crippen molar-refractivity contribution in [3.05, 3.63) is 0 Å². The van der Waals surface area contributed by atoms with Crippen molar-refractivity contribution in [1.29, 1.82) is 0 Å². The number of rotatable bonds is 28. The third-order valence-electron chi connectivity index (χ3n) is 7.13. The maximum absolute atomic E-state index is 14.4. The minimum atomic E-state index is -4.75. The van der Waals surface area contributed by atoms with Gasteiger partial charge in [-0.2, -0.15) is 24.4 Å². The molecule has 0 N–H and O–H groups in total. The van der Waals surface area contributed by atoms with E-state index in [1.165, 1.54) is 0 Å². The molecule has 56 heavy (non-hydrogen) atoms. The van der Waals surface area contributed by atoms with Crippen molar-refractivity contribution in [1.82, 2.24) is 0 Å². The Bertz CT molecular complexity index is 1230. The highest BCUT2D eigenvalue weighted by molar-refractivity contribution is 7.53. The number of hydrogen-bond acceptors (Lipinski definition) is 22. The summed E-state index contributed by atoms with van der Waals surface area (Å²) < 4.78 is 34.6. The molecule has 0 bridgehead atoms. The molecule has 0 aliphatic heterocycles. The maximum Gasteiger partial charge on any atom is 0.342 e. The van der Waals surface area contributed by atoms with Crippen LogP contribution in [0.1, 0.15) is 113 Å². The summed E-state index contributed by atoms with van der Waals surface area (Å²) in [4.78, 5) is 139. The minimum absolute atomic E-state index is 0.158. The van der Waals surface area contributed by atoms with Crippen molar-refractivity contribution in [2.75, 3.05) is 19.7 Å². The van der Waals surface area contributed by atoms with Crippen LogP contribution in [0.5, 0.6) is 0 Å². The Kier molecular flexibility index (Phi) is 24.9. The average molecular weight is 833 g/mol. The van der Waals surface area contributed by atoms with Crippen LogP contribution in [-0.4, -0.2) is 92.1 Å². The zero-order chi connectivity index (χ0) is 42.1. The van der Waals surface area contributed by atoms with Crippen molar-refractivity contribution < 1.29 is 106 Å². The first-order valence-corrected chi connectivity index (χ1v) is 19.8. The van der Waals surface area contributed by atoms with Gasteiger partial charge in [0.15, 0.2) is 18.3 Å². The first kappa shape index (κ1) is 50.3. The highest BCUT2D eigenvalue weighted by atomic mass is 31.2. The quantitative estimate of drug-likeness (QED) is 0.0353. The predicted octanol–water partition coefficient (Wildman–Crippen LogP) is 4.10. The van der Waals surface area contributed by atoms with E-state index in [4.69, 9.17) is 67.4 Å². The van der Waals surface area contributed by atoms with E-state index in [0.717, 1.165) is 13.8 Å². The average Bonchev–Trinajstić information content (AvgIpc) is 3.11. The molecule has 0 heterocycles. The first-order chi connectivity index (χ1) is 26.6. The fraction of sp³-hybridized carbons (Fsp3) is 0.788. The van der Waals surface area contributed by atoms with Gasteiger partial charge < -0.3 is 9.47 Å². The topological polar surface area (TPSA) is 266 Å². The Morgan fingerprint density at radius 2 is 0.679 bits per heavy atom. The predicted molar refractivity (Wildman–Crippen MR) is 181 cm³/mol. The van der Waals surface area contributed by atoms with E-state index in [1.807, 2.05) is 0 Å². The van der Waals surface area contributed by atoms with Gasteiger partial charge in [0.1, 0.15) is 12.2 Å².